The van der Waals surface area contributed by atoms with Gasteiger partial charge in [0.2, 0.25) is 5.91 Å². The van der Waals surface area contributed by atoms with Crippen molar-refractivity contribution in [2.75, 3.05) is 26.3 Å². The fourth-order valence-corrected chi connectivity index (χ4v) is 5.88. The molecule has 234 valence electrons. The van der Waals surface area contributed by atoms with Gasteiger partial charge < -0.3 is 20.2 Å². The molecular formula is C32H48F2N4O3S. The summed E-state index contributed by atoms with van der Waals surface area (Å²) in [6.07, 6.45) is 10.6. The van der Waals surface area contributed by atoms with E-state index in [4.69, 9.17) is 4.74 Å². The van der Waals surface area contributed by atoms with E-state index in [0.717, 1.165) is 84.9 Å². The number of aromatic nitrogens is 1. The van der Waals surface area contributed by atoms with E-state index >= 15 is 0 Å². The number of benzene rings is 1. The van der Waals surface area contributed by atoms with E-state index in [-0.39, 0.29) is 35.8 Å². The van der Waals surface area contributed by atoms with Crippen LogP contribution in [0, 0.1) is 18.7 Å². The Hall–Kier alpha value is -2.53. The van der Waals surface area contributed by atoms with Crippen LogP contribution >= 0.6 is 11.3 Å². The van der Waals surface area contributed by atoms with Crippen LogP contribution in [-0.2, 0) is 14.3 Å². The van der Waals surface area contributed by atoms with E-state index < -0.39 is 0 Å². The van der Waals surface area contributed by atoms with Gasteiger partial charge in [0.15, 0.2) is 0 Å². The number of ether oxygens (including phenoxy) is 1. The van der Waals surface area contributed by atoms with Crippen molar-refractivity contribution in [2.24, 2.45) is 5.92 Å². The zero-order valence-corrected chi connectivity index (χ0v) is 26.5. The fraction of sp³-hybridized carbons (Fsp3) is 0.594. The van der Waals surface area contributed by atoms with Gasteiger partial charge in [-0.2, -0.15) is 0 Å². The van der Waals surface area contributed by atoms with Crippen molar-refractivity contribution in [1.29, 1.82) is 0 Å². The highest BCUT2D eigenvalue weighted by molar-refractivity contribution is 7.10. The number of carbonyl (C=O) groups is 2. The summed E-state index contributed by atoms with van der Waals surface area (Å²) in [5.41, 5.74) is 2.56. The lowest BCUT2D eigenvalue weighted by Crippen LogP contribution is -2.49. The zero-order chi connectivity index (χ0) is 30.9. The first kappa shape index (κ1) is 35.7. The van der Waals surface area contributed by atoms with Crippen LogP contribution in [-0.4, -0.2) is 60.7 Å². The SMILES string of the molecule is C/C=C\CC.CCN[C@@H](C)C(=O)NC(C=O)C1CCCOCC1.Cc1cc(F)ccc1-c1csc(C2CCCN2F)n1. The second-order valence-electron chi connectivity index (χ2n) is 10.5. The lowest BCUT2D eigenvalue weighted by molar-refractivity contribution is -0.126. The Morgan fingerprint density at radius 1 is 1.24 bits per heavy atom. The Balaban J connectivity index is 0.000000254. The van der Waals surface area contributed by atoms with Crippen molar-refractivity contribution in [1.82, 2.24) is 20.7 Å². The van der Waals surface area contributed by atoms with Gasteiger partial charge in [-0.25, -0.2) is 9.37 Å². The number of carbonyl (C=O) groups excluding carboxylic acids is 2. The smallest absolute Gasteiger partial charge is 0.237 e. The highest BCUT2D eigenvalue weighted by atomic mass is 32.1. The number of amides is 1. The predicted octanol–water partition coefficient (Wildman–Crippen LogP) is 6.74. The number of hydrogen-bond acceptors (Lipinski definition) is 7. The summed E-state index contributed by atoms with van der Waals surface area (Å²) >= 11 is 1.47. The molecule has 2 aliphatic rings. The summed E-state index contributed by atoms with van der Waals surface area (Å²) < 4.78 is 32.0. The molecule has 2 aliphatic heterocycles. The van der Waals surface area contributed by atoms with Crippen LogP contribution in [0.15, 0.2) is 35.7 Å². The number of likely N-dealkylation sites (N-methyl/N-ethyl adjacent to an activating group) is 1. The van der Waals surface area contributed by atoms with Crippen LogP contribution in [0.3, 0.4) is 0 Å². The molecule has 4 atom stereocenters. The number of thiazole rings is 1. The number of halogens is 2. The molecule has 0 saturated carbocycles. The minimum absolute atomic E-state index is 0.112. The van der Waals surface area contributed by atoms with Gasteiger partial charge in [0.1, 0.15) is 17.1 Å². The fourth-order valence-electron chi connectivity index (χ4n) is 4.93. The molecule has 0 spiro atoms. The molecule has 10 heteroatoms. The normalized spacial score (nSPS) is 20.5. The predicted molar refractivity (Wildman–Crippen MR) is 166 cm³/mol. The summed E-state index contributed by atoms with van der Waals surface area (Å²) in [6.45, 7) is 12.4. The molecule has 4 rings (SSSR count). The van der Waals surface area contributed by atoms with Gasteiger partial charge in [-0.3, -0.25) is 4.79 Å². The maximum atomic E-state index is 13.6. The second kappa shape index (κ2) is 19.6. The van der Waals surface area contributed by atoms with Crippen molar-refractivity contribution in [3.63, 3.8) is 0 Å². The van der Waals surface area contributed by atoms with Gasteiger partial charge in [-0.15, -0.1) is 20.9 Å². The maximum Gasteiger partial charge on any atom is 0.237 e. The van der Waals surface area contributed by atoms with Crippen LogP contribution in [0.1, 0.15) is 82.8 Å². The van der Waals surface area contributed by atoms with Crippen LogP contribution in [0.2, 0.25) is 0 Å². The van der Waals surface area contributed by atoms with Crippen LogP contribution in [0.25, 0.3) is 11.3 Å². The number of allylic oxidation sites excluding steroid dienone is 2. The Labute approximate surface area is 254 Å². The van der Waals surface area contributed by atoms with Crippen molar-refractivity contribution < 1.29 is 23.2 Å². The summed E-state index contributed by atoms with van der Waals surface area (Å²) in [4.78, 5) is 27.5. The monoisotopic (exact) mass is 606 g/mol. The van der Waals surface area contributed by atoms with E-state index in [9.17, 15) is 18.5 Å². The third kappa shape index (κ3) is 11.6. The van der Waals surface area contributed by atoms with E-state index in [1.807, 2.05) is 26.2 Å². The molecule has 2 aromatic rings. The summed E-state index contributed by atoms with van der Waals surface area (Å²) in [7, 11) is 0. The molecule has 0 radical (unpaired) electrons. The summed E-state index contributed by atoms with van der Waals surface area (Å²) in [5, 5.41) is 9.45. The molecule has 1 amide bonds. The average molecular weight is 607 g/mol. The summed E-state index contributed by atoms with van der Waals surface area (Å²) in [6, 6.07) is 3.79. The molecule has 0 bridgehead atoms. The molecule has 2 fully saturated rings. The highest BCUT2D eigenvalue weighted by Crippen LogP contribution is 2.36. The zero-order valence-electron chi connectivity index (χ0n) is 25.7. The van der Waals surface area contributed by atoms with Crippen molar-refractivity contribution in [3.05, 3.63) is 52.1 Å². The lowest BCUT2D eigenvalue weighted by Gasteiger charge is -2.23. The highest BCUT2D eigenvalue weighted by Gasteiger charge is 2.29. The van der Waals surface area contributed by atoms with Gasteiger partial charge >= 0.3 is 0 Å². The van der Waals surface area contributed by atoms with Gasteiger partial charge in [0.25, 0.3) is 0 Å². The largest absolute Gasteiger partial charge is 0.381 e. The quantitative estimate of drug-likeness (QED) is 0.187. The first-order chi connectivity index (χ1) is 20.2. The minimum Gasteiger partial charge on any atom is -0.381 e. The lowest BCUT2D eigenvalue weighted by atomic mass is 9.93. The number of nitrogens with zero attached hydrogens (tertiary/aromatic N) is 2. The van der Waals surface area contributed by atoms with E-state index in [1.54, 1.807) is 13.0 Å². The molecule has 3 unspecified atom stereocenters. The Morgan fingerprint density at radius 3 is 2.62 bits per heavy atom. The van der Waals surface area contributed by atoms with Gasteiger partial charge in [0, 0.05) is 30.7 Å². The van der Waals surface area contributed by atoms with Crippen LogP contribution < -0.4 is 10.6 Å². The number of rotatable bonds is 9. The number of aldehydes is 1. The molecule has 2 N–H and O–H groups in total. The Morgan fingerprint density at radius 2 is 2.02 bits per heavy atom. The standard InChI is InChI=1S/C14H14F2N2S.C13H24N2O3.C5H10/c1-9-7-10(15)4-5-11(9)12-8-19-14(17-12)13-3-2-6-18(13)16;1-3-14-10(2)13(17)15-12(9-16)11-5-4-7-18-8-6-11;1-3-5-4-2/h4-5,7-8,13H,2-3,6H2,1H3;9-12,14H,3-8H2,1-2H3,(H,15,17);3,5H,4H2,1-2H3/b;;5-3-/t;10-,11?,12?;/m.0./s1. The van der Waals surface area contributed by atoms with Crippen molar-refractivity contribution >= 4 is 23.5 Å². The van der Waals surface area contributed by atoms with E-state index in [0.29, 0.717) is 13.2 Å². The average Bonchev–Trinajstić information content (AvgIpc) is 3.53. The van der Waals surface area contributed by atoms with Crippen molar-refractivity contribution in [2.45, 2.75) is 91.3 Å². The van der Waals surface area contributed by atoms with E-state index in [1.165, 1.54) is 23.5 Å². The molecule has 7 nitrogen and oxygen atoms in total. The van der Waals surface area contributed by atoms with Crippen LogP contribution in [0.4, 0.5) is 8.87 Å². The molecule has 2 saturated heterocycles. The topological polar surface area (TPSA) is 83.6 Å². The van der Waals surface area contributed by atoms with E-state index in [2.05, 4.69) is 34.7 Å². The molecule has 0 aliphatic carbocycles. The molecule has 3 heterocycles. The van der Waals surface area contributed by atoms with Crippen molar-refractivity contribution in [3.8, 4) is 11.3 Å². The van der Waals surface area contributed by atoms with Crippen LogP contribution in [0.5, 0.6) is 0 Å². The molecule has 42 heavy (non-hydrogen) atoms. The maximum absolute atomic E-state index is 13.6. The van der Waals surface area contributed by atoms with Gasteiger partial charge in [0.05, 0.1) is 23.8 Å². The number of aryl methyl sites for hydroxylation is 1. The molecule has 1 aromatic carbocycles. The summed E-state index contributed by atoms with van der Waals surface area (Å²) in [5.74, 6) is -0.163. The first-order valence-electron chi connectivity index (χ1n) is 15.1. The van der Waals surface area contributed by atoms with Gasteiger partial charge in [-0.1, -0.05) is 26.0 Å². The third-order valence-corrected chi connectivity index (χ3v) is 8.24. The molecule has 1 aromatic heterocycles. The second-order valence-corrected chi connectivity index (χ2v) is 11.4. The third-order valence-electron chi connectivity index (χ3n) is 7.29. The molecular weight excluding hydrogens is 558 g/mol. The van der Waals surface area contributed by atoms with Gasteiger partial charge in [-0.05, 0) is 95.5 Å². The Bertz CT molecular complexity index is 1110. The Kier molecular flexibility index (Phi) is 16.7. The minimum atomic E-state index is -0.389. The first-order valence-corrected chi connectivity index (χ1v) is 16.0. The number of hydrogen-bond donors (Lipinski definition) is 2. The number of nitrogens with one attached hydrogen (secondary N) is 2.